The minimum Gasteiger partial charge on any atom is -0.353 e. The number of benzene rings is 1. The van der Waals surface area contributed by atoms with Gasteiger partial charge in [-0.25, -0.2) is 0 Å². The Morgan fingerprint density at radius 2 is 1.90 bits per heavy atom. The molecule has 1 atom stereocenters. The highest BCUT2D eigenvalue weighted by Crippen LogP contribution is 2.52. The van der Waals surface area contributed by atoms with E-state index in [0.29, 0.717) is 18.0 Å². The van der Waals surface area contributed by atoms with Gasteiger partial charge in [-0.15, -0.1) is 0 Å². The standard InChI is InChI=1S/C23H26N4O2/c28-21(26-18-5-6-18)13-17-14-23(20-4-2-1-3-19(17)20)8-11-27(12-9-23)22(29)16-7-10-24-25-15-16/h1-4,7,10,15,17-18H,5-6,8-9,11-14H2,(H,26,28)/t17-/m1/s1. The van der Waals surface area contributed by atoms with Crippen LogP contribution in [0.3, 0.4) is 0 Å². The van der Waals surface area contributed by atoms with Crippen LogP contribution in [0.25, 0.3) is 0 Å². The first kappa shape index (κ1) is 18.3. The lowest BCUT2D eigenvalue weighted by Gasteiger charge is -2.40. The van der Waals surface area contributed by atoms with Gasteiger partial charge in [0.1, 0.15) is 0 Å². The van der Waals surface area contributed by atoms with Crippen LogP contribution in [-0.4, -0.2) is 46.0 Å². The number of fused-ring (bicyclic) bond motifs is 2. The van der Waals surface area contributed by atoms with Gasteiger partial charge in [-0.05, 0) is 60.6 Å². The Kier molecular flexibility index (Phi) is 4.57. The predicted octanol–water partition coefficient (Wildman–Crippen LogP) is 2.81. The van der Waals surface area contributed by atoms with Crippen LogP contribution in [0.4, 0.5) is 0 Å². The zero-order valence-corrected chi connectivity index (χ0v) is 16.5. The second-order valence-corrected chi connectivity index (χ2v) is 8.74. The van der Waals surface area contributed by atoms with Crippen LogP contribution in [0.1, 0.15) is 65.9 Å². The van der Waals surface area contributed by atoms with E-state index in [1.807, 2.05) is 4.90 Å². The summed E-state index contributed by atoms with van der Waals surface area (Å²) in [6, 6.07) is 10.7. The first-order valence-electron chi connectivity index (χ1n) is 10.6. The summed E-state index contributed by atoms with van der Waals surface area (Å²) >= 11 is 0. The van der Waals surface area contributed by atoms with Crippen LogP contribution in [0, 0.1) is 0 Å². The van der Waals surface area contributed by atoms with Crippen molar-refractivity contribution in [2.45, 2.75) is 55.9 Å². The molecular formula is C23H26N4O2. The summed E-state index contributed by atoms with van der Waals surface area (Å²) in [5.74, 6) is 0.486. The second kappa shape index (κ2) is 7.25. The van der Waals surface area contributed by atoms with Gasteiger partial charge < -0.3 is 10.2 Å². The molecule has 1 N–H and O–H groups in total. The lowest BCUT2D eigenvalue weighted by atomic mass is 9.73. The average Bonchev–Trinajstić information content (AvgIpc) is 3.53. The Hall–Kier alpha value is -2.76. The summed E-state index contributed by atoms with van der Waals surface area (Å²) in [5.41, 5.74) is 3.39. The molecule has 3 aliphatic rings. The van der Waals surface area contributed by atoms with E-state index in [1.54, 1.807) is 12.3 Å². The van der Waals surface area contributed by atoms with Gasteiger partial charge in [0, 0.05) is 25.6 Å². The van der Waals surface area contributed by atoms with E-state index in [2.05, 4.69) is 39.8 Å². The summed E-state index contributed by atoms with van der Waals surface area (Å²) < 4.78 is 0. The molecule has 6 heteroatoms. The third-order valence-corrected chi connectivity index (χ3v) is 6.82. The SMILES string of the molecule is O=C(C[C@@H]1CC2(CCN(C(=O)c3ccnnc3)CC2)c2ccccc21)NC1CC1. The molecule has 1 saturated heterocycles. The van der Waals surface area contributed by atoms with Crippen molar-refractivity contribution in [3.63, 3.8) is 0 Å². The fourth-order valence-electron chi connectivity index (χ4n) is 5.16. The van der Waals surface area contributed by atoms with Crippen LogP contribution in [0.2, 0.25) is 0 Å². The van der Waals surface area contributed by atoms with Crippen LogP contribution in [0.15, 0.2) is 42.7 Å². The van der Waals surface area contributed by atoms with Crippen molar-refractivity contribution < 1.29 is 9.59 Å². The normalized spacial score (nSPS) is 22.3. The number of rotatable bonds is 4. The van der Waals surface area contributed by atoms with Crippen molar-refractivity contribution in [2.24, 2.45) is 0 Å². The van der Waals surface area contributed by atoms with Crippen LogP contribution < -0.4 is 5.32 Å². The smallest absolute Gasteiger partial charge is 0.255 e. The Morgan fingerprint density at radius 3 is 2.62 bits per heavy atom. The molecule has 6 nitrogen and oxygen atoms in total. The summed E-state index contributed by atoms with van der Waals surface area (Å²) in [4.78, 5) is 27.2. The minimum absolute atomic E-state index is 0.0291. The summed E-state index contributed by atoms with van der Waals surface area (Å²) in [7, 11) is 0. The number of hydrogen-bond donors (Lipinski definition) is 1. The molecule has 1 spiro atoms. The Morgan fingerprint density at radius 1 is 1.10 bits per heavy atom. The van der Waals surface area contributed by atoms with Gasteiger partial charge in [-0.1, -0.05) is 24.3 Å². The quantitative estimate of drug-likeness (QED) is 0.871. The highest BCUT2D eigenvalue weighted by atomic mass is 16.2. The maximum absolute atomic E-state index is 12.8. The largest absolute Gasteiger partial charge is 0.353 e. The van der Waals surface area contributed by atoms with Crippen molar-refractivity contribution in [3.8, 4) is 0 Å². The van der Waals surface area contributed by atoms with Gasteiger partial charge in [0.05, 0.1) is 18.0 Å². The Bertz CT molecular complexity index is 917. The molecule has 1 aromatic carbocycles. The number of hydrogen-bond acceptors (Lipinski definition) is 4. The second-order valence-electron chi connectivity index (χ2n) is 8.74. The van der Waals surface area contributed by atoms with Crippen molar-refractivity contribution >= 4 is 11.8 Å². The zero-order valence-electron chi connectivity index (χ0n) is 16.5. The van der Waals surface area contributed by atoms with Crippen molar-refractivity contribution in [2.75, 3.05) is 13.1 Å². The summed E-state index contributed by atoms with van der Waals surface area (Å²) in [5, 5.41) is 10.7. The number of amides is 2. The van der Waals surface area contributed by atoms with Crippen molar-refractivity contribution in [3.05, 3.63) is 59.4 Å². The minimum atomic E-state index is 0.0291. The van der Waals surface area contributed by atoms with Gasteiger partial charge in [0.15, 0.2) is 0 Å². The molecule has 2 heterocycles. The molecule has 2 aromatic rings. The molecular weight excluding hydrogens is 364 g/mol. The van der Waals surface area contributed by atoms with E-state index in [1.165, 1.54) is 17.3 Å². The van der Waals surface area contributed by atoms with Crippen LogP contribution >= 0.6 is 0 Å². The summed E-state index contributed by atoms with van der Waals surface area (Å²) in [6.07, 6.45) is 8.78. The molecule has 5 rings (SSSR count). The number of likely N-dealkylation sites (tertiary alicyclic amines) is 1. The van der Waals surface area contributed by atoms with Crippen molar-refractivity contribution in [1.29, 1.82) is 0 Å². The van der Waals surface area contributed by atoms with Crippen molar-refractivity contribution in [1.82, 2.24) is 20.4 Å². The topological polar surface area (TPSA) is 75.2 Å². The highest BCUT2D eigenvalue weighted by Gasteiger charge is 2.46. The molecule has 1 aliphatic heterocycles. The fourth-order valence-corrected chi connectivity index (χ4v) is 5.16. The van der Waals surface area contributed by atoms with E-state index >= 15 is 0 Å². The monoisotopic (exact) mass is 390 g/mol. The van der Waals surface area contributed by atoms with Crippen LogP contribution in [-0.2, 0) is 10.2 Å². The predicted molar refractivity (Wildman–Crippen MR) is 108 cm³/mol. The van der Waals surface area contributed by atoms with E-state index in [-0.39, 0.29) is 23.1 Å². The number of nitrogens with one attached hydrogen (secondary N) is 1. The first-order valence-corrected chi connectivity index (χ1v) is 10.6. The molecule has 1 aromatic heterocycles. The van der Waals surface area contributed by atoms with Gasteiger partial charge in [0.25, 0.3) is 5.91 Å². The highest BCUT2D eigenvalue weighted by molar-refractivity contribution is 5.93. The first-order chi connectivity index (χ1) is 14.1. The average molecular weight is 390 g/mol. The van der Waals surface area contributed by atoms with Gasteiger partial charge >= 0.3 is 0 Å². The molecule has 2 aliphatic carbocycles. The molecule has 0 radical (unpaired) electrons. The molecule has 150 valence electrons. The molecule has 29 heavy (non-hydrogen) atoms. The van der Waals surface area contributed by atoms with Gasteiger partial charge in [-0.3, -0.25) is 9.59 Å². The molecule has 0 unspecified atom stereocenters. The van der Waals surface area contributed by atoms with E-state index in [4.69, 9.17) is 0 Å². The lowest BCUT2D eigenvalue weighted by molar-refractivity contribution is -0.121. The van der Waals surface area contributed by atoms with Gasteiger partial charge in [0.2, 0.25) is 5.91 Å². The maximum atomic E-state index is 12.8. The van der Waals surface area contributed by atoms with Crippen LogP contribution in [0.5, 0.6) is 0 Å². The third-order valence-electron chi connectivity index (χ3n) is 6.82. The fraction of sp³-hybridized carbons (Fsp3) is 0.478. The van der Waals surface area contributed by atoms with Gasteiger partial charge in [-0.2, -0.15) is 10.2 Å². The number of aromatic nitrogens is 2. The maximum Gasteiger partial charge on any atom is 0.255 e. The summed E-state index contributed by atoms with van der Waals surface area (Å²) in [6.45, 7) is 1.47. The Balaban J connectivity index is 1.31. The number of piperidine rings is 1. The lowest BCUT2D eigenvalue weighted by Crippen LogP contribution is -2.44. The van der Waals surface area contributed by atoms with E-state index in [0.717, 1.165) is 45.2 Å². The van der Waals surface area contributed by atoms with E-state index in [9.17, 15) is 9.59 Å². The zero-order chi connectivity index (χ0) is 19.8. The Labute approximate surface area is 170 Å². The van der Waals surface area contributed by atoms with E-state index < -0.39 is 0 Å². The molecule has 2 amide bonds. The number of nitrogens with zero attached hydrogens (tertiary/aromatic N) is 3. The molecule has 0 bridgehead atoms. The number of carbonyl (C=O) groups is 2. The molecule has 1 saturated carbocycles. The molecule has 2 fully saturated rings. The number of carbonyl (C=O) groups excluding carboxylic acids is 2. The third kappa shape index (κ3) is 3.52.